The van der Waals surface area contributed by atoms with Crippen LogP contribution in [0.1, 0.15) is 53.2 Å². The molecule has 1 unspecified atom stereocenters. The predicted octanol–water partition coefficient (Wildman–Crippen LogP) is 6.28. The number of rotatable bonds is 7. The van der Waals surface area contributed by atoms with Crippen LogP contribution in [-0.4, -0.2) is 42.4 Å². The summed E-state index contributed by atoms with van der Waals surface area (Å²) in [6.45, 7) is 7.52. The molecule has 2 aliphatic heterocycles. The zero-order valence-corrected chi connectivity index (χ0v) is 23.0. The fourth-order valence-electron chi connectivity index (χ4n) is 5.16. The van der Waals surface area contributed by atoms with Crippen LogP contribution in [0.4, 0.5) is 5.69 Å². The van der Waals surface area contributed by atoms with Gasteiger partial charge in [-0.05, 0) is 80.3 Å². The first-order valence-corrected chi connectivity index (χ1v) is 14.3. The monoisotopic (exact) mass is 525 g/mol. The number of anilines is 1. The molecule has 5 rings (SSSR count). The molecule has 2 aliphatic rings. The highest BCUT2D eigenvalue weighted by Crippen LogP contribution is 2.42. The van der Waals surface area contributed by atoms with E-state index in [1.165, 1.54) is 36.6 Å². The number of fused-ring (bicyclic) bond motifs is 1. The molecule has 1 atom stereocenters. The van der Waals surface area contributed by atoms with Crippen molar-refractivity contribution in [2.24, 2.45) is 0 Å². The molecule has 2 amide bonds. The summed E-state index contributed by atoms with van der Waals surface area (Å²) >= 11 is 1.50. The van der Waals surface area contributed by atoms with E-state index in [4.69, 9.17) is 0 Å². The number of likely N-dealkylation sites (tertiary alicyclic amines) is 1. The molecule has 38 heavy (non-hydrogen) atoms. The Morgan fingerprint density at radius 3 is 2.58 bits per heavy atom. The summed E-state index contributed by atoms with van der Waals surface area (Å²) in [6, 6.07) is 24.3. The fourth-order valence-corrected chi connectivity index (χ4v) is 6.22. The number of benzene rings is 3. The van der Waals surface area contributed by atoms with E-state index in [1.54, 1.807) is 0 Å². The molecular weight excluding hydrogens is 490 g/mol. The van der Waals surface area contributed by atoms with Gasteiger partial charge in [0.15, 0.2) is 0 Å². The minimum absolute atomic E-state index is 0.00860. The topological polar surface area (TPSA) is 52.7 Å². The maximum atomic E-state index is 13.6. The first kappa shape index (κ1) is 26.3. The SMILES string of the molecule is Cc1ccccc1CN1C(=O)C(=Cc2ccc(C(=O)NCCN3CCCCC3C)cc2)Sc2ccccc21. The smallest absolute Gasteiger partial charge is 0.265 e. The third-order valence-corrected chi connectivity index (χ3v) is 8.59. The number of piperidine rings is 1. The van der Waals surface area contributed by atoms with Gasteiger partial charge in [-0.25, -0.2) is 0 Å². The average molecular weight is 526 g/mol. The van der Waals surface area contributed by atoms with Crippen LogP contribution >= 0.6 is 11.8 Å². The van der Waals surface area contributed by atoms with Crippen LogP contribution in [0.3, 0.4) is 0 Å². The second kappa shape index (κ2) is 12.0. The zero-order chi connectivity index (χ0) is 26.5. The van der Waals surface area contributed by atoms with Crippen LogP contribution in [0.25, 0.3) is 6.08 Å². The van der Waals surface area contributed by atoms with Gasteiger partial charge in [0.1, 0.15) is 0 Å². The second-order valence-electron chi connectivity index (χ2n) is 10.2. The minimum atomic E-state index is -0.0599. The summed E-state index contributed by atoms with van der Waals surface area (Å²) < 4.78 is 0. The lowest BCUT2D eigenvalue weighted by Crippen LogP contribution is -2.42. The Morgan fingerprint density at radius 1 is 1.03 bits per heavy atom. The van der Waals surface area contributed by atoms with E-state index in [-0.39, 0.29) is 11.8 Å². The Kier molecular flexibility index (Phi) is 8.30. The Morgan fingerprint density at radius 2 is 1.79 bits per heavy atom. The van der Waals surface area contributed by atoms with Crippen molar-refractivity contribution >= 4 is 35.3 Å². The van der Waals surface area contributed by atoms with Crippen LogP contribution in [0.2, 0.25) is 0 Å². The van der Waals surface area contributed by atoms with Gasteiger partial charge in [-0.3, -0.25) is 14.5 Å². The molecule has 1 saturated heterocycles. The van der Waals surface area contributed by atoms with E-state index in [0.29, 0.717) is 29.6 Å². The van der Waals surface area contributed by atoms with Crippen LogP contribution < -0.4 is 10.2 Å². The number of aryl methyl sites for hydroxylation is 1. The van der Waals surface area contributed by atoms with Gasteiger partial charge >= 0.3 is 0 Å². The molecule has 0 spiro atoms. The molecule has 5 nitrogen and oxygen atoms in total. The second-order valence-corrected chi connectivity index (χ2v) is 11.2. The molecule has 196 valence electrons. The normalized spacial score (nSPS) is 18.9. The van der Waals surface area contributed by atoms with E-state index >= 15 is 0 Å². The van der Waals surface area contributed by atoms with Gasteiger partial charge in [-0.15, -0.1) is 0 Å². The number of hydrogen-bond acceptors (Lipinski definition) is 4. The molecule has 3 aromatic carbocycles. The Bertz CT molecular complexity index is 1330. The van der Waals surface area contributed by atoms with Gasteiger partial charge in [0.2, 0.25) is 0 Å². The van der Waals surface area contributed by atoms with E-state index in [0.717, 1.165) is 34.8 Å². The van der Waals surface area contributed by atoms with Gasteiger partial charge in [-0.1, -0.05) is 66.7 Å². The number of hydrogen-bond donors (Lipinski definition) is 1. The highest BCUT2D eigenvalue weighted by Gasteiger charge is 2.29. The van der Waals surface area contributed by atoms with E-state index in [1.807, 2.05) is 65.6 Å². The van der Waals surface area contributed by atoms with Crippen molar-refractivity contribution < 1.29 is 9.59 Å². The van der Waals surface area contributed by atoms with Crippen molar-refractivity contribution in [2.75, 3.05) is 24.5 Å². The van der Waals surface area contributed by atoms with Crippen molar-refractivity contribution in [2.45, 2.75) is 50.6 Å². The quantitative estimate of drug-likeness (QED) is 0.369. The molecule has 3 aromatic rings. The molecule has 0 aromatic heterocycles. The molecule has 0 radical (unpaired) electrons. The predicted molar refractivity (Wildman–Crippen MR) is 156 cm³/mol. The van der Waals surface area contributed by atoms with Crippen molar-refractivity contribution in [1.29, 1.82) is 0 Å². The average Bonchev–Trinajstić information content (AvgIpc) is 2.93. The Balaban J connectivity index is 1.27. The van der Waals surface area contributed by atoms with Gasteiger partial charge in [0.25, 0.3) is 11.8 Å². The van der Waals surface area contributed by atoms with Crippen molar-refractivity contribution in [1.82, 2.24) is 10.2 Å². The van der Waals surface area contributed by atoms with Crippen LogP contribution in [-0.2, 0) is 11.3 Å². The Hall–Kier alpha value is -3.35. The first-order valence-electron chi connectivity index (χ1n) is 13.5. The molecule has 0 aliphatic carbocycles. The minimum Gasteiger partial charge on any atom is -0.351 e. The number of nitrogens with zero attached hydrogens (tertiary/aromatic N) is 2. The molecule has 0 saturated carbocycles. The van der Waals surface area contributed by atoms with Crippen molar-refractivity contribution in [3.05, 3.63) is 100.0 Å². The van der Waals surface area contributed by atoms with E-state index < -0.39 is 0 Å². The standard InChI is InChI=1S/C32H35N3O2S/c1-23-9-3-4-11-27(23)22-35-28-12-5-6-13-29(28)38-30(32(35)37)21-25-14-16-26(17-15-25)31(36)33-18-20-34-19-8-7-10-24(34)2/h3-6,9,11-17,21,24H,7-8,10,18-20,22H2,1-2H3,(H,33,36). The number of amides is 2. The molecule has 0 bridgehead atoms. The highest BCUT2D eigenvalue weighted by molar-refractivity contribution is 8.04. The first-order chi connectivity index (χ1) is 18.5. The number of carbonyl (C=O) groups is 2. The number of thioether (sulfide) groups is 1. The van der Waals surface area contributed by atoms with Crippen molar-refractivity contribution in [3.63, 3.8) is 0 Å². The summed E-state index contributed by atoms with van der Waals surface area (Å²) in [5.41, 5.74) is 4.77. The summed E-state index contributed by atoms with van der Waals surface area (Å²) in [7, 11) is 0. The summed E-state index contributed by atoms with van der Waals surface area (Å²) in [5, 5.41) is 3.06. The fraction of sp³-hybridized carbons (Fsp3) is 0.312. The van der Waals surface area contributed by atoms with Crippen LogP contribution in [0.15, 0.2) is 82.6 Å². The summed E-state index contributed by atoms with van der Waals surface area (Å²) in [6.07, 6.45) is 5.70. The molecule has 1 N–H and O–H groups in total. The number of para-hydroxylation sites is 1. The van der Waals surface area contributed by atoms with Gasteiger partial charge in [-0.2, -0.15) is 0 Å². The zero-order valence-electron chi connectivity index (χ0n) is 22.2. The lowest BCUT2D eigenvalue weighted by Gasteiger charge is -2.33. The van der Waals surface area contributed by atoms with Crippen molar-refractivity contribution in [3.8, 4) is 0 Å². The largest absolute Gasteiger partial charge is 0.351 e. The van der Waals surface area contributed by atoms with Crippen LogP contribution in [0, 0.1) is 6.92 Å². The number of carbonyl (C=O) groups excluding carboxylic acids is 2. The molecule has 2 heterocycles. The summed E-state index contributed by atoms with van der Waals surface area (Å²) in [4.78, 5) is 32.4. The maximum Gasteiger partial charge on any atom is 0.265 e. The van der Waals surface area contributed by atoms with Gasteiger partial charge in [0.05, 0.1) is 17.1 Å². The molecule has 1 fully saturated rings. The number of nitrogens with one attached hydrogen (secondary N) is 1. The van der Waals surface area contributed by atoms with Crippen LogP contribution in [0.5, 0.6) is 0 Å². The molecule has 6 heteroatoms. The van der Waals surface area contributed by atoms with E-state index in [2.05, 4.69) is 42.3 Å². The third kappa shape index (κ3) is 6.03. The van der Waals surface area contributed by atoms with E-state index in [9.17, 15) is 9.59 Å². The third-order valence-electron chi connectivity index (χ3n) is 7.52. The highest BCUT2D eigenvalue weighted by atomic mass is 32.2. The molecular formula is C32H35N3O2S. The van der Waals surface area contributed by atoms with Gasteiger partial charge < -0.3 is 10.2 Å². The lowest BCUT2D eigenvalue weighted by atomic mass is 10.0. The Labute approximate surface area is 229 Å². The maximum absolute atomic E-state index is 13.6. The van der Waals surface area contributed by atoms with Gasteiger partial charge in [0, 0.05) is 29.6 Å². The summed E-state index contributed by atoms with van der Waals surface area (Å²) in [5.74, 6) is -0.0685. The lowest BCUT2D eigenvalue weighted by molar-refractivity contribution is -0.114.